The van der Waals surface area contributed by atoms with E-state index in [-0.39, 0.29) is 5.56 Å². The SMILES string of the molecule is O=C(O)c1cnc2ncnn2c1C1CC1. The number of carboxylic acids is 1. The van der Waals surface area contributed by atoms with Crippen molar-refractivity contribution in [1.82, 2.24) is 19.6 Å². The molecule has 1 aliphatic rings. The Morgan fingerprint density at radius 1 is 1.47 bits per heavy atom. The number of carboxylic acid groups (broad SMARTS) is 1. The van der Waals surface area contributed by atoms with Gasteiger partial charge in [0.05, 0.1) is 11.3 Å². The van der Waals surface area contributed by atoms with E-state index in [1.807, 2.05) is 0 Å². The highest BCUT2D eigenvalue weighted by molar-refractivity contribution is 5.89. The second-order valence-corrected chi connectivity index (χ2v) is 3.61. The maximum atomic E-state index is 11.0. The van der Waals surface area contributed by atoms with Gasteiger partial charge in [0.25, 0.3) is 5.78 Å². The van der Waals surface area contributed by atoms with Gasteiger partial charge < -0.3 is 5.11 Å². The van der Waals surface area contributed by atoms with Crippen molar-refractivity contribution < 1.29 is 9.90 Å². The molecule has 76 valence electrons. The van der Waals surface area contributed by atoms with E-state index >= 15 is 0 Å². The zero-order chi connectivity index (χ0) is 10.4. The molecule has 0 bridgehead atoms. The van der Waals surface area contributed by atoms with Crippen LogP contribution in [-0.4, -0.2) is 30.7 Å². The number of hydrogen-bond donors (Lipinski definition) is 1. The second-order valence-electron chi connectivity index (χ2n) is 3.61. The standard InChI is InChI=1S/C9H8N4O2/c14-8(15)6-3-10-9-11-4-12-13(9)7(6)5-1-2-5/h3-5H,1-2H2,(H,14,15). The number of aromatic carboxylic acids is 1. The van der Waals surface area contributed by atoms with Crippen molar-refractivity contribution in [1.29, 1.82) is 0 Å². The lowest BCUT2D eigenvalue weighted by atomic mass is 10.1. The van der Waals surface area contributed by atoms with E-state index in [2.05, 4.69) is 15.1 Å². The summed E-state index contributed by atoms with van der Waals surface area (Å²) in [5, 5.41) is 13.0. The Kier molecular flexibility index (Phi) is 1.53. The molecule has 6 nitrogen and oxygen atoms in total. The van der Waals surface area contributed by atoms with Crippen molar-refractivity contribution >= 4 is 11.7 Å². The molecule has 3 rings (SSSR count). The summed E-state index contributed by atoms with van der Waals surface area (Å²) in [6.07, 6.45) is 4.78. The molecule has 0 amide bonds. The normalized spacial score (nSPS) is 15.7. The van der Waals surface area contributed by atoms with Crippen LogP contribution in [0.1, 0.15) is 34.8 Å². The third kappa shape index (κ3) is 1.18. The summed E-state index contributed by atoms with van der Waals surface area (Å²) in [4.78, 5) is 18.9. The molecule has 1 N–H and O–H groups in total. The van der Waals surface area contributed by atoms with E-state index in [1.165, 1.54) is 17.0 Å². The molecule has 1 saturated carbocycles. The first-order valence-electron chi connectivity index (χ1n) is 4.69. The highest BCUT2D eigenvalue weighted by atomic mass is 16.4. The van der Waals surface area contributed by atoms with Gasteiger partial charge in [-0.2, -0.15) is 10.1 Å². The van der Waals surface area contributed by atoms with E-state index in [0.717, 1.165) is 18.5 Å². The third-order valence-corrected chi connectivity index (χ3v) is 2.54. The molecule has 1 aliphatic carbocycles. The van der Waals surface area contributed by atoms with E-state index in [9.17, 15) is 4.79 Å². The first-order valence-corrected chi connectivity index (χ1v) is 4.69. The molecule has 15 heavy (non-hydrogen) atoms. The van der Waals surface area contributed by atoms with Gasteiger partial charge in [0, 0.05) is 12.1 Å². The summed E-state index contributed by atoms with van der Waals surface area (Å²) in [5.74, 6) is -0.202. The minimum Gasteiger partial charge on any atom is -0.478 e. The number of hydrogen-bond acceptors (Lipinski definition) is 4. The van der Waals surface area contributed by atoms with Gasteiger partial charge in [0.2, 0.25) is 0 Å². The van der Waals surface area contributed by atoms with Gasteiger partial charge in [0.15, 0.2) is 0 Å². The second kappa shape index (κ2) is 2.75. The molecule has 0 unspecified atom stereocenters. The highest BCUT2D eigenvalue weighted by Crippen LogP contribution is 2.41. The molecule has 0 saturated heterocycles. The van der Waals surface area contributed by atoms with Crippen molar-refractivity contribution in [3.63, 3.8) is 0 Å². The Labute approximate surface area is 84.6 Å². The van der Waals surface area contributed by atoms with Crippen molar-refractivity contribution in [2.45, 2.75) is 18.8 Å². The van der Waals surface area contributed by atoms with Crippen LogP contribution in [-0.2, 0) is 0 Å². The maximum absolute atomic E-state index is 11.0. The minimum absolute atomic E-state index is 0.232. The fourth-order valence-corrected chi connectivity index (χ4v) is 1.71. The lowest BCUT2D eigenvalue weighted by Crippen LogP contribution is -2.09. The number of carbonyl (C=O) groups is 1. The molecule has 6 heteroatoms. The zero-order valence-electron chi connectivity index (χ0n) is 7.79. The molecule has 2 heterocycles. The summed E-state index contributed by atoms with van der Waals surface area (Å²) in [5.41, 5.74) is 0.959. The lowest BCUT2D eigenvalue weighted by molar-refractivity contribution is 0.0694. The van der Waals surface area contributed by atoms with Crippen LogP contribution in [0.4, 0.5) is 0 Å². The largest absolute Gasteiger partial charge is 0.478 e. The number of fused-ring (bicyclic) bond motifs is 1. The van der Waals surface area contributed by atoms with Crippen LogP contribution in [0.3, 0.4) is 0 Å². The topological polar surface area (TPSA) is 80.4 Å². The van der Waals surface area contributed by atoms with Crippen LogP contribution in [0.2, 0.25) is 0 Å². The van der Waals surface area contributed by atoms with Crippen LogP contribution in [0.5, 0.6) is 0 Å². The molecule has 2 aromatic heterocycles. The number of rotatable bonds is 2. The van der Waals surface area contributed by atoms with E-state index in [1.54, 1.807) is 0 Å². The van der Waals surface area contributed by atoms with Crippen LogP contribution >= 0.6 is 0 Å². The van der Waals surface area contributed by atoms with E-state index in [0.29, 0.717) is 11.7 Å². The van der Waals surface area contributed by atoms with Crippen molar-refractivity contribution in [3.8, 4) is 0 Å². The quantitative estimate of drug-likeness (QED) is 0.778. The van der Waals surface area contributed by atoms with Crippen LogP contribution in [0.15, 0.2) is 12.5 Å². The van der Waals surface area contributed by atoms with Crippen LogP contribution < -0.4 is 0 Å². The monoisotopic (exact) mass is 204 g/mol. The summed E-state index contributed by atoms with van der Waals surface area (Å²) in [7, 11) is 0. The molecular weight excluding hydrogens is 196 g/mol. The van der Waals surface area contributed by atoms with Crippen LogP contribution in [0.25, 0.3) is 5.78 Å². The number of aromatic nitrogens is 4. The Bertz CT molecular complexity index is 544. The molecule has 2 aromatic rings. The molecule has 0 aromatic carbocycles. The van der Waals surface area contributed by atoms with Crippen LogP contribution in [0, 0.1) is 0 Å². The molecule has 0 atom stereocenters. The summed E-state index contributed by atoms with van der Waals surface area (Å²) >= 11 is 0. The highest BCUT2D eigenvalue weighted by Gasteiger charge is 2.31. The maximum Gasteiger partial charge on any atom is 0.339 e. The van der Waals surface area contributed by atoms with Gasteiger partial charge in [0.1, 0.15) is 6.33 Å². The molecule has 0 spiro atoms. The summed E-state index contributed by atoms with van der Waals surface area (Å²) in [6.45, 7) is 0. The van der Waals surface area contributed by atoms with Gasteiger partial charge in [-0.25, -0.2) is 14.3 Å². The Balaban J connectivity index is 2.34. The molecule has 0 aliphatic heterocycles. The number of nitrogens with zero attached hydrogens (tertiary/aromatic N) is 4. The fraction of sp³-hybridized carbons (Fsp3) is 0.333. The Morgan fingerprint density at radius 3 is 2.93 bits per heavy atom. The predicted octanol–water partition coefficient (Wildman–Crippen LogP) is 0.700. The third-order valence-electron chi connectivity index (χ3n) is 2.54. The van der Waals surface area contributed by atoms with Gasteiger partial charge >= 0.3 is 5.97 Å². The average molecular weight is 204 g/mol. The first kappa shape index (κ1) is 8.34. The lowest BCUT2D eigenvalue weighted by Gasteiger charge is -2.05. The van der Waals surface area contributed by atoms with Gasteiger partial charge in [-0.15, -0.1) is 0 Å². The predicted molar refractivity (Wildman–Crippen MR) is 49.7 cm³/mol. The fourth-order valence-electron chi connectivity index (χ4n) is 1.71. The zero-order valence-corrected chi connectivity index (χ0v) is 7.79. The van der Waals surface area contributed by atoms with E-state index in [4.69, 9.17) is 5.11 Å². The van der Waals surface area contributed by atoms with E-state index < -0.39 is 5.97 Å². The molecular formula is C9H8N4O2. The van der Waals surface area contributed by atoms with Gasteiger partial charge in [-0.3, -0.25) is 0 Å². The smallest absolute Gasteiger partial charge is 0.339 e. The van der Waals surface area contributed by atoms with Crippen molar-refractivity contribution in [3.05, 3.63) is 23.8 Å². The summed E-state index contributed by atoms with van der Waals surface area (Å²) < 4.78 is 1.53. The van der Waals surface area contributed by atoms with Crippen molar-refractivity contribution in [2.24, 2.45) is 0 Å². The van der Waals surface area contributed by atoms with Gasteiger partial charge in [-0.1, -0.05) is 0 Å². The molecule has 1 fully saturated rings. The Hall–Kier alpha value is -1.98. The van der Waals surface area contributed by atoms with Crippen molar-refractivity contribution in [2.75, 3.05) is 0 Å². The minimum atomic E-state index is -0.957. The summed E-state index contributed by atoms with van der Waals surface area (Å²) in [6, 6.07) is 0. The molecule has 0 radical (unpaired) electrons. The van der Waals surface area contributed by atoms with Gasteiger partial charge in [-0.05, 0) is 12.8 Å². The Morgan fingerprint density at radius 2 is 2.27 bits per heavy atom. The average Bonchev–Trinajstić information content (AvgIpc) is 2.93. The first-order chi connectivity index (χ1) is 7.27.